The predicted molar refractivity (Wildman–Crippen MR) is 70.8 cm³/mol. The molecule has 17 heavy (non-hydrogen) atoms. The van der Waals surface area contributed by atoms with Gasteiger partial charge in [0.15, 0.2) is 0 Å². The second kappa shape index (κ2) is 6.07. The van der Waals surface area contributed by atoms with Gasteiger partial charge in [-0.05, 0) is 43.8 Å². The van der Waals surface area contributed by atoms with E-state index in [9.17, 15) is 4.79 Å². The van der Waals surface area contributed by atoms with Crippen molar-refractivity contribution >= 4 is 18.4 Å². The van der Waals surface area contributed by atoms with E-state index in [1.165, 1.54) is 10.5 Å². The molecule has 2 rings (SSSR count). The topological polar surface area (TPSA) is 32.3 Å². The van der Waals surface area contributed by atoms with Gasteiger partial charge < -0.3 is 5.32 Å². The van der Waals surface area contributed by atoms with Crippen LogP contribution in [0, 0.1) is 6.92 Å². The number of rotatable bonds is 4. The van der Waals surface area contributed by atoms with E-state index in [2.05, 4.69) is 40.8 Å². The van der Waals surface area contributed by atoms with Crippen LogP contribution < -0.4 is 5.32 Å². The average molecular weight is 250 g/mol. The Morgan fingerprint density at radius 2 is 1.94 bits per heavy atom. The van der Waals surface area contributed by atoms with Crippen LogP contribution in [0.1, 0.15) is 18.4 Å². The second-order valence-electron chi connectivity index (χ2n) is 4.39. The molecule has 0 bridgehead atoms. The molecule has 1 N–H and O–H groups in total. The summed E-state index contributed by atoms with van der Waals surface area (Å²) in [7, 11) is 0. The molecule has 92 valence electrons. The number of amides is 1. The van der Waals surface area contributed by atoms with Gasteiger partial charge in [0.05, 0.1) is 0 Å². The lowest BCUT2D eigenvalue weighted by atomic mass is 10.1. The van der Waals surface area contributed by atoms with E-state index in [1.807, 2.05) is 11.9 Å². The van der Waals surface area contributed by atoms with Crippen molar-refractivity contribution < 1.29 is 4.79 Å². The highest BCUT2D eigenvalue weighted by molar-refractivity contribution is 7.97. The Hall–Kier alpha value is -1.00. The lowest BCUT2D eigenvalue weighted by molar-refractivity contribution is -0.110. The van der Waals surface area contributed by atoms with Crippen LogP contribution >= 0.6 is 11.9 Å². The summed E-state index contributed by atoms with van der Waals surface area (Å²) in [5, 5.41) is 2.86. The Morgan fingerprint density at radius 1 is 1.29 bits per heavy atom. The third kappa shape index (κ3) is 3.75. The van der Waals surface area contributed by atoms with Crippen LogP contribution in [0.4, 0.5) is 0 Å². The molecule has 1 aromatic rings. The van der Waals surface area contributed by atoms with E-state index < -0.39 is 0 Å². The van der Waals surface area contributed by atoms with Gasteiger partial charge in [-0.2, -0.15) is 0 Å². The molecular weight excluding hydrogens is 232 g/mol. The second-order valence-corrected chi connectivity index (χ2v) is 5.56. The van der Waals surface area contributed by atoms with Crippen molar-refractivity contribution in [1.29, 1.82) is 0 Å². The number of aryl methyl sites for hydroxylation is 1. The van der Waals surface area contributed by atoms with Gasteiger partial charge in [0, 0.05) is 24.0 Å². The minimum absolute atomic E-state index is 0.363. The molecule has 0 spiro atoms. The lowest BCUT2D eigenvalue weighted by Crippen LogP contribution is -2.39. The number of nitrogens with one attached hydrogen (secondary N) is 1. The molecule has 0 saturated carbocycles. The fourth-order valence-electron chi connectivity index (χ4n) is 1.96. The summed E-state index contributed by atoms with van der Waals surface area (Å²) in [5.74, 6) is 0. The van der Waals surface area contributed by atoms with Gasteiger partial charge in [-0.3, -0.25) is 4.79 Å². The largest absolute Gasteiger partial charge is 0.356 e. The molecule has 1 aromatic carbocycles. The zero-order chi connectivity index (χ0) is 12.1. The lowest BCUT2D eigenvalue weighted by Gasteiger charge is -2.30. The number of nitrogens with zero attached hydrogens (tertiary/aromatic N) is 1. The smallest absolute Gasteiger partial charge is 0.207 e. The van der Waals surface area contributed by atoms with Crippen molar-refractivity contribution in [2.75, 3.05) is 13.1 Å². The standard InChI is InChI=1S/C13H18N2OS/c1-11-2-4-13(5-3-11)17-15-8-6-12(7-9-15)14-10-16/h2-5,10,12H,6-9H2,1H3,(H,14,16). The van der Waals surface area contributed by atoms with Crippen molar-refractivity contribution in [2.24, 2.45) is 0 Å². The van der Waals surface area contributed by atoms with Crippen LogP contribution in [0.3, 0.4) is 0 Å². The normalized spacial score (nSPS) is 17.9. The molecule has 1 aliphatic heterocycles. The third-order valence-electron chi connectivity index (χ3n) is 3.01. The molecule has 0 atom stereocenters. The molecule has 1 aliphatic rings. The van der Waals surface area contributed by atoms with Gasteiger partial charge in [0.2, 0.25) is 6.41 Å². The Kier molecular flexibility index (Phi) is 4.45. The van der Waals surface area contributed by atoms with Crippen molar-refractivity contribution in [2.45, 2.75) is 30.7 Å². The maximum atomic E-state index is 10.3. The summed E-state index contributed by atoms with van der Waals surface area (Å²) in [4.78, 5) is 11.6. The molecule has 1 saturated heterocycles. The zero-order valence-electron chi connectivity index (χ0n) is 10.1. The molecule has 0 aliphatic carbocycles. The summed E-state index contributed by atoms with van der Waals surface area (Å²) < 4.78 is 2.37. The first kappa shape index (κ1) is 12.5. The van der Waals surface area contributed by atoms with Crippen LogP contribution in [0.25, 0.3) is 0 Å². The highest BCUT2D eigenvalue weighted by Crippen LogP contribution is 2.26. The van der Waals surface area contributed by atoms with Crippen molar-refractivity contribution in [3.8, 4) is 0 Å². The summed E-state index contributed by atoms with van der Waals surface area (Å²) >= 11 is 1.81. The van der Waals surface area contributed by atoms with Crippen LogP contribution in [-0.4, -0.2) is 29.8 Å². The molecule has 1 amide bonds. The Bertz CT molecular complexity index is 358. The van der Waals surface area contributed by atoms with E-state index in [0.717, 1.165) is 32.3 Å². The molecule has 0 aromatic heterocycles. The first-order chi connectivity index (χ1) is 8.28. The van der Waals surface area contributed by atoms with Crippen LogP contribution in [-0.2, 0) is 4.79 Å². The van der Waals surface area contributed by atoms with Gasteiger partial charge in [-0.1, -0.05) is 17.7 Å². The van der Waals surface area contributed by atoms with E-state index in [1.54, 1.807) is 0 Å². The monoisotopic (exact) mass is 250 g/mol. The molecule has 4 heteroatoms. The Morgan fingerprint density at radius 3 is 2.53 bits per heavy atom. The minimum atomic E-state index is 0.363. The maximum Gasteiger partial charge on any atom is 0.207 e. The summed E-state index contributed by atoms with van der Waals surface area (Å²) in [5.41, 5.74) is 1.29. The number of hydrogen-bond acceptors (Lipinski definition) is 3. The fourth-order valence-corrected chi connectivity index (χ4v) is 2.91. The van der Waals surface area contributed by atoms with Crippen molar-refractivity contribution in [3.05, 3.63) is 29.8 Å². The van der Waals surface area contributed by atoms with E-state index in [0.29, 0.717) is 6.04 Å². The van der Waals surface area contributed by atoms with Crippen molar-refractivity contribution in [3.63, 3.8) is 0 Å². The Balaban J connectivity index is 1.81. The van der Waals surface area contributed by atoms with Gasteiger partial charge >= 0.3 is 0 Å². The summed E-state index contributed by atoms with van der Waals surface area (Å²) in [6.45, 7) is 4.17. The summed E-state index contributed by atoms with van der Waals surface area (Å²) in [6, 6.07) is 8.97. The number of hydrogen-bond donors (Lipinski definition) is 1. The minimum Gasteiger partial charge on any atom is -0.356 e. The van der Waals surface area contributed by atoms with Gasteiger partial charge in [-0.15, -0.1) is 0 Å². The SMILES string of the molecule is Cc1ccc(SN2CCC(NC=O)CC2)cc1. The van der Waals surface area contributed by atoms with Gasteiger partial charge in [-0.25, -0.2) is 4.31 Å². The number of carbonyl (C=O) groups is 1. The molecule has 1 fully saturated rings. The van der Waals surface area contributed by atoms with E-state index in [4.69, 9.17) is 0 Å². The quantitative estimate of drug-likeness (QED) is 0.657. The molecule has 1 heterocycles. The number of benzene rings is 1. The van der Waals surface area contributed by atoms with Crippen molar-refractivity contribution in [1.82, 2.24) is 9.62 Å². The number of carbonyl (C=O) groups excluding carboxylic acids is 1. The highest BCUT2D eigenvalue weighted by atomic mass is 32.2. The molecule has 3 nitrogen and oxygen atoms in total. The first-order valence-electron chi connectivity index (χ1n) is 5.97. The predicted octanol–water partition coefficient (Wildman–Crippen LogP) is 2.21. The molecule has 0 unspecified atom stereocenters. The fraction of sp³-hybridized carbons (Fsp3) is 0.462. The number of piperidine rings is 1. The highest BCUT2D eigenvalue weighted by Gasteiger charge is 2.18. The van der Waals surface area contributed by atoms with Gasteiger partial charge in [0.25, 0.3) is 0 Å². The van der Waals surface area contributed by atoms with E-state index in [-0.39, 0.29) is 0 Å². The zero-order valence-corrected chi connectivity index (χ0v) is 10.9. The van der Waals surface area contributed by atoms with Crippen LogP contribution in [0.2, 0.25) is 0 Å². The van der Waals surface area contributed by atoms with Crippen LogP contribution in [0.15, 0.2) is 29.2 Å². The van der Waals surface area contributed by atoms with E-state index >= 15 is 0 Å². The molecule has 0 radical (unpaired) electrons. The summed E-state index contributed by atoms with van der Waals surface area (Å²) in [6.07, 6.45) is 2.89. The first-order valence-corrected chi connectivity index (χ1v) is 6.74. The Labute approximate surface area is 107 Å². The van der Waals surface area contributed by atoms with Crippen LogP contribution in [0.5, 0.6) is 0 Å². The van der Waals surface area contributed by atoms with Gasteiger partial charge in [0.1, 0.15) is 0 Å². The maximum absolute atomic E-state index is 10.3. The average Bonchev–Trinajstić information content (AvgIpc) is 2.35. The third-order valence-corrected chi connectivity index (χ3v) is 4.12. The molecular formula is C13H18N2OS.